The maximum atomic E-state index is 11.5. The van der Waals surface area contributed by atoms with Crippen molar-refractivity contribution in [2.75, 3.05) is 0 Å². The minimum Gasteiger partial charge on any atom is -0.477 e. The molecule has 0 saturated heterocycles. The van der Waals surface area contributed by atoms with Crippen LogP contribution in [0.2, 0.25) is 0 Å². The number of hydrogen-bond donors (Lipinski definition) is 2. The number of unbranched alkanes of at least 4 members (excludes halogenated alkanes) is 3. The molecule has 0 aromatic heterocycles. The molecule has 2 N–H and O–H groups in total. The van der Waals surface area contributed by atoms with E-state index in [1.807, 2.05) is 6.08 Å². The third-order valence-corrected chi connectivity index (χ3v) is 2.08. The highest BCUT2D eigenvalue weighted by atomic mass is 16.6. The predicted octanol–water partition coefficient (Wildman–Crippen LogP) is 3.23. The third-order valence-electron chi connectivity index (χ3n) is 2.08. The highest BCUT2D eigenvalue weighted by Crippen LogP contribution is 2.08. The molecular formula is C14H23NO4. The molecule has 0 aliphatic rings. The van der Waals surface area contributed by atoms with Crippen LogP contribution >= 0.6 is 0 Å². The van der Waals surface area contributed by atoms with E-state index in [1.54, 1.807) is 20.8 Å². The highest BCUT2D eigenvalue weighted by molar-refractivity contribution is 5.90. The highest BCUT2D eigenvalue weighted by Gasteiger charge is 2.18. The zero-order chi connectivity index (χ0) is 14.9. The summed E-state index contributed by atoms with van der Waals surface area (Å²) in [6.45, 7) is 8.75. The molecule has 1 amide bonds. The number of amides is 1. The average Bonchev–Trinajstić information content (AvgIpc) is 2.24. The molecular weight excluding hydrogens is 246 g/mol. The Hall–Kier alpha value is -1.78. The normalized spacial score (nSPS) is 11.8. The third kappa shape index (κ3) is 9.88. The summed E-state index contributed by atoms with van der Waals surface area (Å²) in [5.74, 6) is -1.17. The summed E-state index contributed by atoms with van der Waals surface area (Å²) in [6.07, 6.45) is 5.84. The fourth-order valence-corrected chi connectivity index (χ4v) is 1.28. The van der Waals surface area contributed by atoms with Crippen molar-refractivity contribution in [2.45, 2.75) is 52.1 Å². The second-order valence-electron chi connectivity index (χ2n) is 5.12. The summed E-state index contributed by atoms with van der Waals surface area (Å²) in [5.41, 5.74) is -0.801. The Morgan fingerprint density at radius 3 is 2.32 bits per heavy atom. The molecule has 0 bridgehead atoms. The molecule has 0 spiro atoms. The number of carbonyl (C=O) groups is 2. The lowest BCUT2D eigenvalue weighted by Crippen LogP contribution is -2.34. The van der Waals surface area contributed by atoms with Gasteiger partial charge in [-0.05, 0) is 46.5 Å². The van der Waals surface area contributed by atoms with Crippen LogP contribution in [0.5, 0.6) is 0 Å². The molecule has 0 unspecified atom stereocenters. The van der Waals surface area contributed by atoms with Gasteiger partial charge in [-0.3, -0.25) is 5.32 Å². The van der Waals surface area contributed by atoms with E-state index in [4.69, 9.17) is 9.84 Å². The van der Waals surface area contributed by atoms with Gasteiger partial charge in [0.1, 0.15) is 11.3 Å². The Balaban J connectivity index is 4.33. The predicted molar refractivity (Wildman–Crippen MR) is 73.8 cm³/mol. The van der Waals surface area contributed by atoms with Crippen molar-refractivity contribution in [3.63, 3.8) is 0 Å². The number of nitrogens with one attached hydrogen (secondary N) is 1. The van der Waals surface area contributed by atoms with Crippen molar-refractivity contribution in [1.29, 1.82) is 0 Å². The first-order valence-electron chi connectivity index (χ1n) is 6.30. The van der Waals surface area contributed by atoms with Gasteiger partial charge >= 0.3 is 12.1 Å². The van der Waals surface area contributed by atoms with Gasteiger partial charge in [-0.2, -0.15) is 0 Å². The maximum absolute atomic E-state index is 11.5. The van der Waals surface area contributed by atoms with Crippen LogP contribution in [0.15, 0.2) is 24.4 Å². The van der Waals surface area contributed by atoms with Crippen molar-refractivity contribution >= 4 is 12.1 Å². The summed E-state index contributed by atoms with van der Waals surface area (Å²) in [6, 6.07) is 0. The Bertz CT molecular complexity index is 353. The minimum absolute atomic E-state index is 0.146. The second kappa shape index (κ2) is 8.34. The molecule has 0 aliphatic heterocycles. The molecule has 0 aliphatic carbocycles. The summed E-state index contributed by atoms with van der Waals surface area (Å²) >= 11 is 0. The topological polar surface area (TPSA) is 75.6 Å². The van der Waals surface area contributed by atoms with E-state index >= 15 is 0 Å². The van der Waals surface area contributed by atoms with Crippen LogP contribution in [0, 0.1) is 0 Å². The SMILES string of the molecule is C=CCCCC/C=C(\NC(=O)OC(C)(C)C)C(=O)O. The van der Waals surface area contributed by atoms with Crippen LogP contribution in [0.25, 0.3) is 0 Å². The molecule has 0 radical (unpaired) electrons. The number of ether oxygens (including phenoxy) is 1. The van der Waals surface area contributed by atoms with Crippen LogP contribution in [0.3, 0.4) is 0 Å². The van der Waals surface area contributed by atoms with Crippen LogP contribution < -0.4 is 5.32 Å². The Labute approximate surface area is 114 Å². The Morgan fingerprint density at radius 2 is 1.84 bits per heavy atom. The number of rotatable bonds is 7. The van der Waals surface area contributed by atoms with Gasteiger partial charge in [-0.25, -0.2) is 9.59 Å². The number of carboxylic acids is 1. The standard InChI is InChI=1S/C14H23NO4/c1-5-6-7-8-9-10-11(12(16)17)15-13(18)19-14(2,3)4/h5,10H,1,6-9H2,2-4H3,(H,15,18)(H,16,17)/b11-10-. The number of carboxylic acid groups (broad SMARTS) is 1. The summed E-state index contributed by atoms with van der Waals surface area (Å²) in [4.78, 5) is 22.4. The molecule has 5 nitrogen and oxygen atoms in total. The number of alkyl carbamates (subject to hydrolysis) is 1. The van der Waals surface area contributed by atoms with Crippen molar-refractivity contribution in [3.05, 3.63) is 24.4 Å². The van der Waals surface area contributed by atoms with Crippen molar-refractivity contribution < 1.29 is 19.4 Å². The first-order chi connectivity index (χ1) is 8.76. The van der Waals surface area contributed by atoms with Crippen LogP contribution in [0.4, 0.5) is 4.79 Å². The summed E-state index contributed by atoms with van der Waals surface area (Å²) in [7, 11) is 0. The molecule has 0 atom stereocenters. The molecule has 0 aromatic rings. The summed E-state index contributed by atoms with van der Waals surface area (Å²) < 4.78 is 5.00. The largest absolute Gasteiger partial charge is 0.477 e. The number of allylic oxidation sites excluding steroid dienone is 2. The van der Waals surface area contributed by atoms with Crippen LogP contribution in [-0.4, -0.2) is 22.8 Å². The van der Waals surface area contributed by atoms with Gasteiger partial charge in [0.25, 0.3) is 0 Å². The second-order valence-corrected chi connectivity index (χ2v) is 5.12. The van der Waals surface area contributed by atoms with E-state index in [9.17, 15) is 9.59 Å². The molecule has 0 aromatic carbocycles. The Kier molecular flexibility index (Phi) is 7.56. The lowest BCUT2D eigenvalue weighted by Gasteiger charge is -2.19. The molecule has 0 saturated carbocycles. The van der Waals surface area contributed by atoms with Gasteiger partial charge in [0.05, 0.1) is 0 Å². The van der Waals surface area contributed by atoms with E-state index in [0.717, 1.165) is 19.3 Å². The van der Waals surface area contributed by atoms with Gasteiger partial charge in [0.15, 0.2) is 0 Å². The quantitative estimate of drug-likeness (QED) is 0.422. The van der Waals surface area contributed by atoms with Crippen LogP contribution in [-0.2, 0) is 9.53 Å². The van der Waals surface area contributed by atoms with Crippen molar-refractivity contribution in [1.82, 2.24) is 5.32 Å². The van der Waals surface area contributed by atoms with Crippen molar-refractivity contribution in [2.24, 2.45) is 0 Å². The van der Waals surface area contributed by atoms with Gasteiger partial charge in [-0.15, -0.1) is 6.58 Å². The van der Waals surface area contributed by atoms with E-state index in [2.05, 4.69) is 11.9 Å². The van der Waals surface area contributed by atoms with Gasteiger partial charge in [0.2, 0.25) is 0 Å². The molecule has 0 rings (SSSR count). The zero-order valence-electron chi connectivity index (χ0n) is 11.9. The zero-order valence-corrected chi connectivity index (χ0v) is 11.9. The monoisotopic (exact) mass is 269 g/mol. The maximum Gasteiger partial charge on any atom is 0.412 e. The fourth-order valence-electron chi connectivity index (χ4n) is 1.28. The van der Waals surface area contributed by atoms with E-state index in [1.165, 1.54) is 6.08 Å². The molecule has 5 heteroatoms. The van der Waals surface area contributed by atoms with E-state index < -0.39 is 17.7 Å². The van der Waals surface area contributed by atoms with E-state index in [0.29, 0.717) is 6.42 Å². The minimum atomic E-state index is -1.17. The summed E-state index contributed by atoms with van der Waals surface area (Å²) in [5, 5.41) is 11.2. The smallest absolute Gasteiger partial charge is 0.412 e. The lowest BCUT2D eigenvalue weighted by atomic mass is 10.2. The van der Waals surface area contributed by atoms with Gasteiger partial charge < -0.3 is 9.84 Å². The fraction of sp³-hybridized carbons (Fsp3) is 0.571. The first kappa shape index (κ1) is 17.2. The molecule has 19 heavy (non-hydrogen) atoms. The van der Waals surface area contributed by atoms with Gasteiger partial charge in [-0.1, -0.05) is 12.2 Å². The Morgan fingerprint density at radius 1 is 1.26 bits per heavy atom. The van der Waals surface area contributed by atoms with E-state index in [-0.39, 0.29) is 5.70 Å². The van der Waals surface area contributed by atoms with Crippen LogP contribution in [0.1, 0.15) is 46.5 Å². The average molecular weight is 269 g/mol. The number of carbonyl (C=O) groups excluding carboxylic acids is 1. The molecule has 0 heterocycles. The lowest BCUT2D eigenvalue weighted by molar-refractivity contribution is -0.133. The van der Waals surface area contributed by atoms with Crippen molar-refractivity contribution in [3.8, 4) is 0 Å². The molecule has 108 valence electrons. The molecule has 0 fully saturated rings. The van der Waals surface area contributed by atoms with Gasteiger partial charge in [0, 0.05) is 0 Å². The number of hydrogen-bond acceptors (Lipinski definition) is 3. The first-order valence-corrected chi connectivity index (χ1v) is 6.30. The number of aliphatic carboxylic acids is 1.